The molecule has 0 saturated carbocycles. The van der Waals surface area contributed by atoms with Gasteiger partial charge in [0.15, 0.2) is 0 Å². The predicted molar refractivity (Wildman–Crippen MR) is 195 cm³/mol. The molecule has 1 aliphatic carbocycles. The van der Waals surface area contributed by atoms with Crippen molar-refractivity contribution in [2.45, 2.75) is 88.2 Å². The molecule has 11 nitrogen and oxygen atoms in total. The second-order valence-electron chi connectivity index (χ2n) is 15.2. The molecule has 52 heavy (non-hydrogen) atoms. The largest absolute Gasteiger partial charge is 0.461 e. The molecule has 0 bridgehead atoms. The number of carbonyl (C=O) groups is 1. The Morgan fingerprint density at radius 1 is 1.25 bits per heavy atom. The van der Waals surface area contributed by atoms with Crippen LogP contribution in [0.3, 0.4) is 0 Å². The van der Waals surface area contributed by atoms with Crippen molar-refractivity contribution in [2.24, 2.45) is 0 Å². The highest BCUT2D eigenvalue weighted by molar-refractivity contribution is 5.87. The molecule has 1 aromatic carbocycles. The maximum atomic E-state index is 15.1. The lowest BCUT2D eigenvalue weighted by molar-refractivity contribution is -0.126. The molecule has 13 heteroatoms. The monoisotopic (exact) mass is 712 g/mol. The van der Waals surface area contributed by atoms with Crippen molar-refractivity contribution in [3.63, 3.8) is 0 Å². The van der Waals surface area contributed by atoms with E-state index < -0.39 is 23.1 Å². The number of fused-ring (bicyclic) bond motifs is 2. The fourth-order valence-corrected chi connectivity index (χ4v) is 8.75. The Bertz CT molecular complexity index is 1890. The molecule has 0 unspecified atom stereocenters. The summed E-state index contributed by atoms with van der Waals surface area (Å²) >= 11 is 0. The summed E-state index contributed by atoms with van der Waals surface area (Å²) in [6.45, 7) is 9.27. The highest BCUT2D eigenvalue weighted by atomic mass is 19.1. The van der Waals surface area contributed by atoms with Crippen LogP contribution in [-0.2, 0) is 24.1 Å². The Kier molecular flexibility index (Phi) is 9.54. The van der Waals surface area contributed by atoms with Crippen LogP contribution < -0.4 is 19.4 Å². The molecule has 1 amide bonds. The second-order valence-corrected chi connectivity index (χ2v) is 15.2. The molecule has 0 radical (unpaired) electrons. The van der Waals surface area contributed by atoms with Gasteiger partial charge in [0, 0.05) is 63.6 Å². The summed E-state index contributed by atoms with van der Waals surface area (Å²) < 4.78 is 36.5. The zero-order valence-electron chi connectivity index (χ0n) is 30.1. The number of aliphatic hydroxyl groups is 1. The number of halogens is 2. The third kappa shape index (κ3) is 6.76. The van der Waals surface area contributed by atoms with E-state index in [4.69, 9.17) is 21.1 Å². The van der Waals surface area contributed by atoms with Gasteiger partial charge >= 0.3 is 6.01 Å². The van der Waals surface area contributed by atoms with E-state index in [0.717, 1.165) is 29.7 Å². The van der Waals surface area contributed by atoms with E-state index in [1.54, 1.807) is 25.4 Å². The lowest BCUT2D eigenvalue weighted by atomic mass is 9.84. The van der Waals surface area contributed by atoms with Crippen LogP contribution >= 0.6 is 0 Å². The van der Waals surface area contributed by atoms with Crippen LogP contribution in [0.15, 0.2) is 43.5 Å². The lowest BCUT2D eigenvalue weighted by Crippen LogP contribution is -2.53. The van der Waals surface area contributed by atoms with Crippen molar-refractivity contribution in [3.05, 3.63) is 71.7 Å². The number of anilines is 3. The van der Waals surface area contributed by atoms with Gasteiger partial charge in [-0.1, -0.05) is 18.6 Å². The molecular weight excluding hydrogens is 666 g/mol. The van der Waals surface area contributed by atoms with Crippen LogP contribution in [0.25, 0.3) is 0 Å². The first-order valence-corrected chi connectivity index (χ1v) is 18.0. The maximum absolute atomic E-state index is 15.1. The molecule has 5 atom stereocenters. The minimum Gasteiger partial charge on any atom is -0.461 e. The van der Waals surface area contributed by atoms with Crippen LogP contribution in [0.4, 0.5) is 26.0 Å². The molecule has 7 rings (SSSR count). The number of benzene rings is 1. The number of nitrogens with zero attached hydrogens (tertiary/aromatic N) is 8. The fourth-order valence-electron chi connectivity index (χ4n) is 8.75. The van der Waals surface area contributed by atoms with Crippen molar-refractivity contribution in [1.82, 2.24) is 24.8 Å². The maximum Gasteiger partial charge on any atom is 0.318 e. The zero-order chi connectivity index (χ0) is 36.8. The number of rotatable bonds is 9. The number of β-amino-alcohol motifs (C(OH)–C–C–N with tert-alkyl or cyclic N) is 1. The van der Waals surface area contributed by atoms with Gasteiger partial charge in [-0.3, -0.25) is 4.79 Å². The number of carbonyl (C=O) groups excluding carboxylic acids is 1. The fraction of sp³-hybridized carbons (Fsp3) is 0.513. The number of hydrogen-bond donors (Lipinski definition) is 1. The number of alkyl halides is 1. The summed E-state index contributed by atoms with van der Waals surface area (Å²) in [5.74, 6) is 2.73. The number of hydrogen-bond acceptors (Lipinski definition) is 10. The molecule has 2 fully saturated rings. The number of likely N-dealkylation sites (N-methyl/N-ethyl adjacent to an activating group) is 1. The van der Waals surface area contributed by atoms with Gasteiger partial charge in [0.2, 0.25) is 5.91 Å². The van der Waals surface area contributed by atoms with Crippen molar-refractivity contribution in [2.75, 3.05) is 54.5 Å². The highest BCUT2D eigenvalue weighted by Crippen LogP contribution is 2.41. The van der Waals surface area contributed by atoms with E-state index >= 15 is 4.39 Å². The number of aromatic nitrogens is 4. The number of ether oxygens (including phenoxy) is 1. The standard InChI is InChI=1S/C39H46F2N8O3/c1-6-30-32(41)13-10-25-16-39(4,51)22-48(35(25)30)27-11-12-31-33(15-27)44-37(45-36(31)46(5)21-28-9-8-14-47(28)34(50)7-2)52-23-38(3)17-26(40)20-49(38)29-18-42-24-43-19-29/h1,7,10,13,18-19,24,26-28,51H,2,8-9,11-12,14-17,20-23H2,3-5H3/t26-,27-,28+,38+,39+/m1/s1. The van der Waals surface area contributed by atoms with Gasteiger partial charge in [-0.05, 0) is 57.2 Å². The smallest absolute Gasteiger partial charge is 0.318 e. The molecule has 3 aliphatic heterocycles. The molecule has 274 valence electrons. The molecule has 0 spiro atoms. The van der Waals surface area contributed by atoms with Gasteiger partial charge in [0.05, 0.1) is 52.7 Å². The van der Waals surface area contributed by atoms with E-state index in [-0.39, 0.29) is 55.7 Å². The SMILES string of the molecule is C#Cc1c(F)ccc2c1N([C@@H]1CCc3c(nc(OC[C@]4(C)C[C@@H](F)CN4c4cncnc4)nc3N(C)C[C@@H]3CCCN3C(=O)C=C)C1)C[C@@](C)(O)C2. The first-order valence-electron chi connectivity index (χ1n) is 18.0. The molecule has 1 N–H and O–H groups in total. The third-order valence-corrected chi connectivity index (χ3v) is 11.1. The first kappa shape index (κ1) is 35.6. The molecule has 3 aromatic rings. The van der Waals surface area contributed by atoms with Gasteiger partial charge in [-0.25, -0.2) is 18.7 Å². The highest BCUT2D eigenvalue weighted by Gasteiger charge is 2.44. The van der Waals surface area contributed by atoms with E-state index in [1.165, 1.54) is 18.5 Å². The van der Waals surface area contributed by atoms with E-state index in [9.17, 15) is 14.3 Å². The Hall–Kier alpha value is -4.83. The molecule has 2 aromatic heterocycles. The van der Waals surface area contributed by atoms with Crippen LogP contribution in [0, 0.1) is 18.2 Å². The van der Waals surface area contributed by atoms with E-state index in [0.29, 0.717) is 56.0 Å². The Morgan fingerprint density at radius 2 is 2.04 bits per heavy atom. The summed E-state index contributed by atoms with van der Waals surface area (Å²) in [4.78, 5) is 38.8. The van der Waals surface area contributed by atoms with Crippen molar-refractivity contribution < 1.29 is 23.4 Å². The van der Waals surface area contributed by atoms with Crippen LogP contribution in [0.1, 0.15) is 61.9 Å². The summed E-state index contributed by atoms with van der Waals surface area (Å²) in [7, 11) is 1.97. The zero-order valence-corrected chi connectivity index (χ0v) is 30.1. The van der Waals surface area contributed by atoms with Crippen LogP contribution in [-0.4, -0.2) is 105 Å². The Morgan fingerprint density at radius 3 is 2.79 bits per heavy atom. The predicted octanol–water partition coefficient (Wildman–Crippen LogP) is 4.06. The molecular formula is C39H46F2N8O3. The average molecular weight is 713 g/mol. The number of likely N-dealkylation sites (tertiary alicyclic amines) is 1. The topological polar surface area (TPSA) is 111 Å². The van der Waals surface area contributed by atoms with Crippen molar-refractivity contribution in [3.8, 4) is 18.4 Å². The lowest BCUT2D eigenvalue weighted by Gasteiger charge is -2.46. The van der Waals surface area contributed by atoms with Gasteiger partial charge in [-0.2, -0.15) is 9.97 Å². The van der Waals surface area contributed by atoms with E-state index in [1.807, 2.05) is 23.8 Å². The van der Waals surface area contributed by atoms with Gasteiger partial charge in [0.25, 0.3) is 0 Å². The molecule has 5 heterocycles. The summed E-state index contributed by atoms with van der Waals surface area (Å²) in [6, 6.07) is 3.10. The van der Waals surface area contributed by atoms with Crippen LogP contribution in [0.5, 0.6) is 6.01 Å². The summed E-state index contributed by atoms with van der Waals surface area (Å²) in [6.07, 6.45) is 15.1. The third-order valence-electron chi connectivity index (χ3n) is 11.1. The molecule has 2 saturated heterocycles. The normalized spacial score (nSPS) is 26.8. The van der Waals surface area contributed by atoms with Crippen molar-refractivity contribution in [1.29, 1.82) is 0 Å². The Labute approximate surface area is 303 Å². The minimum atomic E-state index is -1.06. The van der Waals surface area contributed by atoms with Gasteiger partial charge in [-0.15, -0.1) is 6.42 Å². The van der Waals surface area contributed by atoms with Crippen molar-refractivity contribution >= 4 is 23.1 Å². The summed E-state index contributed by atoms with van der Waals surface area (Å²) in [5.41, 5.74) is 2.37. The molecule has 4 aliphatic rings. The Balaban J connectivity index is 1.22. The van der Waals surface area contributed by atoms with Crippen LogP contribution in [0.2, 0.25) is 0 Å². The van der Waals surface area contributed by atoms with Gasteiger partial charge < -0.3 is 29.4 Å². The summed E-state index contributed by atoms with van der Waals surface area (Å²) in [5, 5.41) is 11.3. The quantitative estimate of drug-likeness (QED) is 0.258. The van der Waals surface area contributed by atoms with E-state index in [2.05, 4.69) is 32.3 Å². The minimum absolute atomic E-state index is 0.00785. The number of amides is 1. The second kappa shape index (κ2) is 14.0. The van der Waals surface area contributed by atoms with Gasteiger partial charge in [0.1, 0.15) is 30.7 Å². The number of terminal acetylenes is 1. The first-order chi connectivity index (χ1) is 24.9. The average Bonchev–Trinajstić information content (AvgIpc) is 3.72.